The van der Waals surface area contributed by atoms with E-state index in [1.807, 2.05) is 6.92 Å². The quantitative estimate of drug-likeness (QED) is 0.926. The first kappa shape index (κ1) is 17.0. The third kappa shape index (κ3) is 4.08. The molecule has 0 fully saturated rings. The zero-order valence-corrected chi connectivity index (χ0v) is 12.9. The standard InChI is InChI=1S/C15H16F3N3O2/c1-8(14-9(2)21-23-10(14)3)6-13(22)20-12-7-11(4-5-19-12)15(16,17)18/h4-5,7-8H,6H2,1-3H3,(H,19,20,22). The minimum Gasteiger partial charge on any atom is -0.361 e. The molecule has 0 saturated carbocycles. The maximum Gasteiger partial charge on any atom is 0.416 e. The highest BCUT2D eigenvalue weighted by Gasteiger charge is 2.31. The smallest absolute Gasteiger partial charge is 0.361 e. The number of alkyl halides is 3. The molecule has 2 aromatic heterocycles. The van der Waals surface area contributed by atoms with Crippen molar-refractivity contribution in [1.29, 1.82) is 0 Å². The number of nitrogens with one attached hydrogen (secondary N) is 1. The van der Waals surface area contributed by atoms with Crippen molar-refractivity contribution >= 4 is 11.7 Å². The lowest BCUT2D eigenvalue weighted by Gasteiger charge is -2.12. The first-order valence-corrected chi connectivity index (χ1v) is 6.94. The van der Waals surface area contributed by atoms with Crippen LogP contribution in [0.2, 0.25) is 0 Å². The first-order chi connectivity index (χ1) is 10.7. The van der Waals surface area contributed by atoms with Crippen LogP contribution in [0.5, 0.6) is 0 Å². The molecule has 1 amide bonds. The molecule has 1 atom stereocenters. The van der Waals surface area contributed by atoms with Crippen LogP contribution in [0.3, 0.4) is 0 Å². The molecule has 0 saturated heterocycles. The Morgan fingerprint density at radius 1 is 1.39 bits per heavy atom. The number of pyridine rings is 1. The van der Waals surface area contributed by atoms with Crippen LogP contribution in [0, 0.1) is 13.8 Å². The molecule has 0 aliphatic heterocycles. The number of nitrogens with zero attached hydrogens (tertiary/aromatic N) is 2. The predicted octanol–water partition coefficient (Wildman–Crippen LogP) is 3.84. The van der Waals surface area contributed by atoms with Gasteiger partial charge >= 0.3 is 6.18 Å². The monoisotopic (exact) mass is 327 g/mol. The van der Waals surface area contributed by atoms with Crippen LogP contribution in [-0.4, -0.2) is 16.0 Å². The highest BCUT2D eigenvalue weighted by Crippen LogP contribution is 2.30. The summed E-state index contributed by atoms with van der Waals surface area (Å²) in [4.78, 5) is 15.8. The molecule has 0 aliphatic rings. The molecule has 23 heavy (non-hydrogen) atoms. The van der Waals surface area contributed by atoms with Gasteiger partial charge in [-0.2, -0.15) is 13.2 Å². The Kier molecular flexibility index (Phi) is 4.72. The number of amides is 1. The van der Waals surface area contributed by atoms with Gasteiger partial charge in [0.2, 0.25) is 5.91 Å². The maximum absolute atomic E-state index is 12.6. The average Bonchev–Trinajstić information content (AvgIpc) is 2.77. The highest BCUT2D eigenvalue weighted by atomic mass is 19.4. The molecule has 8 heteroatoms. The molecule has 0 bridgehead atoms. The molecule has 0 aromatic carbocycles. The van der Waals surface area contributed by atoms with Gasteiger partial charge in [0.15, 0.2) is 0 Å². The van der Waals surface area contributed by atoms with Crippen molar-refractivity contribution in [3.63, 3.8) is 0 Å². The topological polar surface area (TPSA) is 68.0 Å². The Morgan fingerprint density at radius 2 is 2.09 bits per heavy atom. The highest BCUT2D eigenvalue weighted by molar-refractivity contribution is 5.90. The molecular weight excluding hydrogens is 311 g/mol. The average molecular weight is 327 g/mol. The second kappa shape index (κ2) is 6.39. The second-order valence-electron chi connectivity index (χ2n) is 5.32. The molecule has 2 rings (SSSR count). The van der Waals surface area contributed by atoms with Crippen LogP contribution in [0.4, 0.5) is 19.0 Å². The van der Waals surface area contributed by atoms with E-state index in [0.29, 0.717) is 11.5 Å². The number of halogens is 3. The molecule has 124 valence electrons. The van der Waals surface area contributed by atoms with Gasteiger partial charge in [-0.1, -0.05) is 12.1 Å². The van der Waals surface area contributed by atoms with E-state index < -0.39 is 17.6 Å². The van der Waals surface area contributed by atoms with Crippen molar-refractivity contribution in [2.45, 2.75) is 39.3 Å². The van der Waals surface area contributed by atoms with Gasteiger partial charge in [0.05, 0.1) is 11.3 Å². The Bertz CT molecular complexity index is 691. The summed E-state index contributed by atoms with van der Waals surface area (Å²) >= 11 is 0. The van der Waals surface area contributed by atoms with Gasteiger partial charge in [0.1, 0.15) is 11.6 Å². The molecule has 0 radical (unpaired) electrons. The first-order valence-electron chi connectivity index (χ1n) is 6.94. The fraction of sp³-hybridized carbons (Fsp3) is 0.400. The van der Waals surface area contributed by atoms with Gasteiger partial charge in [-0.05, 0) is 31.9 Å². The van der Waals surface area contributed by atoms with E-state index in [0.717, 1.165) is 23.9 Å². The molecule has 2 heterocycles. The molecule has 2 aromatic rings. The lowest BCUT2D eigenvalue weighted by atomic mass is 9.96. The fourth-order valence-corrected chi connectivity index (χ4v) is 2.44. The molecule has 0 spiro atoms. The fourth-order valence-electron chi connectivity index (χ4n) is 2.44. The summed E-state index contributed by atoms with van der Waals surface area (Å²) in [6.45, 7) is 5.35. The number of hydrogen-bond acceptors (Lipinski definition) is 4. The number of anilines is 1. The summed E-state index contributed by atoms with van der Waals surface area (Å²) in [6.07, 6.45) is -3.39. The predicted molar refractivity (Wildman–Crippen MR) is 76.9 cm³/mol. The Morgan fingerprint density at radius 3 is 2.65 bits per heavy atom. The van der Waals surface area contributed by atoms with Gasteiger partial charge in [0, 0.05) is 18.2 Å². The third-order valence-electron chi connectivity index (χ3n) is 3.43. The van der Waals surface area contributed by atoms with Gasteiger partial charge in [0.25, 0.3) is 0 Å². The molecule has 0 aliphatic carbocycles. The van der Waals surface area contributed by atoms with E-state index in [9.17, 15) is 18.0 Å². The molecule has 5 nitrogen and oxygen atoms in total. The number of carbonyl (C=O) groups is 1. The van der Waals surface area contributed by atoms with Crippen molar-refractivity contribution in [3.8, 4) is 0 Å². The lowest BCUT2D eigenvalue weighted by Crippen LogP contribution is -2.16. The Hall–Kier alpha value is -2.38. The van der Waals surface area contributed by atoms with E-state index >= 15 is 0 Å². The van der Waals surface area contributed by atoms with Crippen molar-refractivity contribution in [2.24, 2.45) is 0 Å². The van der Waals surface area contributed by atoms with Crippen LogP contribution in [0.25, 0.3) is 0 Å². The largest absolute Gasteiger partial charge is 0.416 e. The minimum atomic E-state index is -4.48. The summed E-state index contributed by atoms with van der Waals surface area (Å²) < 4.78 is 42.9. The lowest BCUT2D eigenvalue weighted by molar-refractivity contribution is -0.137. The summed E-state index contributed by atoms with van der Waals surface area (Å²) in [5, 5.41) is 6.21. The zero-order chi connectivity index (χ0) is 17.2. The summed E-state index contributed by atoms with van der Waals surface area (Å²) in [5.74, 6) is -0.104. The van der Waals surface area contributed by atoms with Gasteiger partial charge in [-0.25, -0.2) is 4.98 Å². The van der Waals surface area contributed by atoms with E-state index in [4.69, 9.17) is 4.52 Å². The van der Waals surface area contributed by atoms with E-state index in [-0.39, 0.29) is 18.2 Å². The van der Waals surface area contributed by atoms with Crippen molar-refractivity contribution in [2.75, 3.05) is 5.32 Å². The van der Waals surface area contributed by atoms with Gasteiger partial charge in [-0.3, -0.25) is 4.79 Å². The van der Waals surface area contributed by atoms with Crippen LogP contribution in [0.15, 0.2) is 22.9 Å². The van der Waals surface area contributed by atoms with E-state index in [2.05, 4.69) is 15.5 Å². The summed E-state index contributed by atoms with van der Waals surface area (Å²) in [6, 6.07) is 1.65. The second-order valence-corrected chi connectivity index (χ2v) is 5.32. The number of hydrogen-bond donors (Lipinski definition) is 1. The molecule has 1 N–H and O–H groups in total. The molecule has 1 unspecified atom stereocenters. The van der Waals surface area contributed by atoms with Crippen LogP contribution < -0.4 is 5.32 Å². The number of rotatable bonds is 4. The Labute approximate surface area is 130 Å². The minimum absolute atomic E-state index is 0.0841. The SMILES string of the molecule is Cc1noc(C)c1C(C)CC(=O)Nc1cc(C(F)(F)F)ccn1. The third-order valence-corrected chi connectivity index (χ3v) is 3.43. The number of aromatic nitrogens is 2. The van der Waals surface area contributed by atoms with E-state index in [1.54, 1.807) is 13.8 Å². The van der Waals surface area contributed by atoms with Gasteiger partial charge in [-0.15, -0.1) is 0 Å². The maximum atomic E-state index is 12.6. The van der Waals surface area contributed by atoms with Crippen LogP contribution in [0.1, 0.15) is 41.8 Å². The van der Waals surface area contributed by atoms with Gasteiger partial charge < -0.3 is 9.84 Å². The van der Waals surface area contributed by atoms with Crippen molar-refractivity contribution in [3.05, 3.63) is 40.9 Å². The van der Waals surface area contributed by atoms with Crippen LogP contribution >= 0.6 is 0 Å². The van der Waals surface area contributed by atoms with E-state index in [1.165, 1.54) is 0 Å². The number of aryl methyl sites for hydroxylation is 2. The summed E-state index contributed by atoms with van der Waals surface area (Å²) in [5.41, 5.74) is 0.665. The normalized spacial score (nSPS) is 13.0. The number of carbonyl (C=O) groups excluding carboxylic acids is 1. The van der Waals surface area contributed by atoms with Crippen molar-refractivity contribution in [1.82, 2.24) is 10.1 Å². The summed E-state index contributed by atoms with van der Waals surface area (Å²) in [7, 11) is 0. The van der Waals surface area contributed by atoms with Crippen molar-refractivity contribution < 1.29 is 22.5 Å². The zero-order valence-electron chi connectivity index (χ0n) is 12.9. The van der Waals surface area contributed by atoms with Crippen LogP contribution in [-0.2, 0) is 11.0 Å². The Balaban J connectivity index is 2.05. The molecular formula is C15H16F3N3O2.